The summed E-state index contributed by atoms with van der Waals surface area (Å²) in [4.78, 5) is 1.07. The Kier molecular flexibility index (Phi) is 4.72. The van der Waals surface area contributed by atoms with Crippen LogP contribution in [0.3, 0.4) is 0 Å². The molecule has 0 unspecified atom stereocenters. The molecule has 1 nitrogen and oxygen atoms in total. The van der Waals surface area contributed by atoms with Crippen molar-refractivity contribution in [2.45, 2.75) is 17.7 Å². The summed E-state index contributed by atoms with van der Waals surface area (Å²) in [6, 6.07) is 5.57. The third-order valence-electron chi connectivity index (χ3n) is 1.68. The van der Waals surface area contributed by atoms with Crippen LogP contribution in [-0.4, -0.2) is 5.75 Å². The van der Waals surface area contributed by atoms with Crippen molar-refractivity contribution in [1.82, 2.24) is 0 Å². The third-order valence-corrected chi connectivity index (χ3v) is 3.26. The number of hydrogen-bond acceptors (Lipinski definition) is 2. The van der Waals surface area contributed by atoms with Gasteiger partial charge in [-0.2, -0.15) is 0 Å². The van der Waals surface area contributed by atoms with Gasteiger partial charge in [0.2, 0.25) is 0 Å². The monoisotopic (exact) mass is 225 g/mol. The molecule has 0 aliphatic heterocycles. The number of benzene rings is 1. The van der Waals surface area contributed by atoms with E-state index in [9.17, 15) is 0 Å². The average Bonchev–Trinajstić information content (AvgIpc) is 2.15. The molecule has 0 saturated heterocycles. The molecule has 0 radical (unpaired) electrons. The van der Waals surface area contributed by atoms with E-state index in [-0.39, 0.29) is 0 Å². The molecule has 2 N–H and O–H groups in total. The molecule has 0 saturated carbocycles. The first kappa shape index (κ1) is 11.3. The van der Waals surface area contributed by atoms with Crippen molar-refractivity contribution in [1.29, 1.82) is 0 Å². The predicted molar refractivity (Wildman–Crippen MR) is 64.7 cm³/mol. The highest BCUT2D eigenvalue weighted by Crippen LogP contribution is 2.29. The second kappa shape index (κ2) is 5.85. The van der Waals surface area contributed by atoms with Crippen LogP contribution in [0.4, 0.5) is 5.69 Å². The van der Waals surface area contributed by atoms with E-state index in [4.69, 9.17) is 23.8 Å². The van der Waals surface area contributed by atoms with Gasteiger partial charge in [0, 0.05) is 17.0 Å². The van der Waals surface area contributed by atoms with Gasteiger partial charge in [-0.15, -0.1) is 24.1 Å². The standard InChI is InChI=1S/C11H12ClNS/c1-2-3-4-7-14-11-6-5-9(13)8-10(11)12/h1,5-6,8H,3-4,7,13H2. The summed E-state index contributed by atoms with van der Waals surface area (Å²) in [6.45, 7) is 0. The van der Waals surface area contributed by atoms with Crippen LogP contribution in [0.25, 0.3) is 0 Å². The zero-order valence-electron chi connectivity index (χ0n) is 7.79. The van der Waals surface area contributed by atoms with Crippen LogP contribution < -0.4 is 5.73 Å². The summed E-state index contributed by atoms with van der Waals surface area (Å²) in [5.41, 5.74) is 6.28. The third kappa shape index (κ3) is 3.53. The number of hydrogen-bond donors (Lipinski definition) is 1. The fourth-order valence-electron chi connectivity index (χ4n) is 0.991. The van der Waals surface area contributed by atoms with Crippen LogP contribution >= 0.6 is 23.4 Å². The fraction of sp³-hybridized carbons (Fsp3) is 0.273. The van der Waals surface area contributed by atoms with Crippen LogP contribution in [0.15, 0.2) is 23.1 Å². The molecule has 1 aromatic rings. The number of halogens is 1. The van der Waals surface area contributed by atoms with Gasteiger partial charge in [0.15, 0.2) is 0 Å². The maximum Gasteiger partial charge on any atom is 0.0562 e. The van der Waals surface area contributed by atoms with E-state index < -0.39 is 0 Å². The zero-order chi connectivity index (χ0) is 10.4. The van der Waals surface area contributed by atoms with Crippen LogP contribution in [0, 0.1) is 12.3 Å². The van der Waals surface area contributed by atoms with Gasteiger partial charge in [-0.25, -0.2) is 0 Å². The highest BCUT2D eigenvalue weighted by Gasteiger charge is 2.00. The molecule has 3 heteroatoms. The molecular weight excluding hydrogens is 214 g/mol. The largest absolute Gasteiger partial charge is 0.399 e. The number of nitrogen functional groups attached to an aromatic ring is 1. The van der Waals surface area contributed by atoms with Gasteiger partial charge in [0.1, 0.15) is 0 Å². The first-order valence-corrected chi connectivity index (χ1v) is 5.71. The van der Waals surface area contributed by atoms with Crippen molar-refractivity contribution >= 4 is 29.1 Å². The topological polar surface area (TPSA) is 26.0 Å². The first-order valence-electron chi connectivity index (χ1n) is 4.35. The normalized spacial score (nSPS) is 9.71. The number of rotatable bonds is 4. The second-order valence-electron chi connectivity index (χ2n) is 2.85. The summed E-state index contributed by atoms with van der Waals surface area (Å²) < 4.78 is 0. The van der Waals surface area contributed by atoms with E-state index in [1.54, 1.807) is 17.8 Å². The zero-order valence-corrected chi connectivity index (χ0v) is 9.37. The highest BCUT2D eigenvalue weighted by molar-refractivity contribution is 7.99. The van der Waals surface area contributed by atoms with E-state index in [0.29, 0.717) is 5.69 Å². The van der Waals surface area contributed by atoms with E-state index >= 15 is 0 Å². The fourth-order valence-corrected chi connectivity index (χ4v) is 2.21. The molecule has 0 aromatic heterocycles. The summed E-state index contributed by atoms with van der Waals surface area (Å²) >= 11 is 7.71. The van der Waals surface area contributed by atoms with Gasteiger partial charge >= 0.3 is 0 Å². The molecule has 0 aliphatic rings. The summed E-state index contributed by atoms with van der Waals surface area (Å²) in [6.07, 6.45) is 6.99. The van der Waals surface area contributed by atoms with Crippen molar-refractivity contribution in [2.75, 3.05) is 11.5 Å². The van der Waals surface area contributed by atoms with Gasteiger partial charge in [-0.05, 0) is 30.4 Å². The predicted octanol–water partition coefficient (Wildman–Crippen LogP) is 3.43. The molecule has 0 bridgehead atoms. The van der Waals surface area contributed by atoms with Crippen molar-refractivity contribution in [3.8, 4) is 12.3 Å². The van der Waals surface area contributed by atoms with E-state index in [1.165, 1.54) is 0 Å². The smallest absolute Gasteiger partial charge is 0.0562 e. The maximum absolute atomic E-state index is 6.00. The Bertz CT molecular complexity index is 344. The Labute approximate surface area is 94.0 Å². The van der Waals surface area contributed by atoms with Crippen LogP contribution in [0.2, 0.25) is 5.02 Å². The van der Waals surface area contributed by atoms with Crippen molar-refractivity contribution in [2.24, 2.45) is 0 Å². The lowest BCUT2D eigenvalue weighted by atomic mass is 10.3. The molecule has 0 heterocycles. The molecule has 1 rings (SSSR count). The Balaban J connectivity index is 2.47. The molecule has 0 fully saturated rings. The van der Waals surface area contributed by atoms with Crippen molar-refractivity contribution in [3.63, 3.8) is 0 Å². The van der Waals surface area contributed by atoms with Crippen LogP contribution in [0.5, 0.6) is 0 Å². The Morgan fingerprint density at radius 2 is 2.29 bits per heavy atom. The Morgan fingerprint density at radius 3 is 2.93 bits per heavy atom. The summed E-state index contributed by atoms with van der Waals surface area (Å²) in [5, 5.41) is 0.718. The van der Waals surface area contributed by atoms with Crippen molar-refractivity contribution in [3.05, 3.63) is 23.2 Å². The number of nitrogens with two attached hydrogens (primary N) is 1. The Hall–Kier alpha value is -0.780. The van der Waals surface area contributed by atoms with E-state index in [2.05, 4.69) is 5.92 Å². The summed E-state index contributed by atoms with van der Waals surface area (Å²) in [5.74, 6) is 3.61. The Morgan fingerprint density at radius 1 is 1.50 bits per heavy atom. The van der Waals surface area contributed by atoms with Crippen LogP contribution in [-0.2, 0) is 0 Å². The average molecular weight is 226 g/mol. The van der Waals surface area contributed by atoms with E-state index in [1.807, 2.05) is 12.1 Å². The molecule has 0 atom stereocenters. The number of thioether (sulfide) groups is 1. The quantitative estimate of drug-likeness (QED) is 0.368. The maximum atomic E-state index is 6.00. The van der Waals surface area contributed by atoms with E-state index in [0.717, 1.165) is 28.5 Å². The van der Waals surface area contributed by atoms with Gasteiger partial charge in [-0.3, -0.25) is 0 Å². The lowest BCUT2D eigenvalue weighted by molar-refractivity contribution is 0.997. The van der Waals surface area contributed by atoms with Crippen LogP contribution in [0.1, 0.15) is 12.8 Å². The number of unbranched alkanes of at least 4 members (excludes halogenated alkanes) is 1. The molecule has 14 heavy (non-hydrogen) atoms. The van der Waals surface area contributed by atoms with Crippen molar-refractivity contribution < 1.29 is 0 Å². The lowest BCUT2D eigenvalue weighted by Crippen LogP contribution is -1.85. The van der Waals surface area contributed by atoms with Gasteiger partial charge in [-0.1, -0.05) is 11.6 Å². The highest BCUT2D eigenvalue weighted by atomic mass is 35.5. The SMILES string of the molecule is C#CCCCSc1ccc(N)cc1Cl. The molecule has 0 amide bonds. The van der Waals surface area contributed by atoms with Gasteiger partial charge in [0.05, 0.1) is 5.02 Å². The molecule has 74 valence electrons. The minimum Gasteiger partial charge on any atom is -0.399 e. The first-order chi connectivity index (χ1) is 6.74. The molecular formula is C11H12ClNS. The number of anilines is 1. The van der Waals surface area contributed by atoms with Gasteiger partial charge in [0.25, 0.3) is 0 Å². The van der Waals surface area contributed by atoms with Gasteiger partial charge < -0.3 is 5.73 Å². The minimum atomic E-state index is 0.697. The summed E-state index contributed by atoms with van der Waals surface area (Å²) in [7, 11) is 0. The second-order valence-corrected chi connectivity index (χ2v) is 4.39. The lowest BCUT2D eigenvalue weighted by Gasteiger charge is -2.03. The molecule has 0 spiro atoms. The minimum absolute atomic E-state index is 0.697. The molecule has 0 aliphatic carbocycles. The molecule has 1 aromatic carbocycles. The number of terminal acetylenes is 1.